The number of aromatic nitrogens is 1. The summed E-state index contributed by atoms with van der Waals surface area (Å²) in [6.07, 6.45) is 0. The smallest absolute Gasteiger partial charge is 0.270 e. The molecule has 180 valence electrons. The molecule has 0 atom stereocenters. The fourth-order valence-electron chi connectivity index (χ4n) is 3.50. The Morgan fingerprint density at radius 2 is 1.64 bits per heavy atom. The molecule has 0 spiro atoms. The van der Waals surface area contributed by atoms with Crippen LogP contribution in [-0.2, 0) is 4.79 Å². The average Bonchev–Trinajstić information content (AvgIpc) is 2.90. The van der Waals surface area contributed by atoms with Gasteiger partial charge in [0.2, 0.25) is 0 Å². The van der Waals surface area contributed by atoms with E-state index in [0.29, 0.717) is 22.2 Å². The van der Waals surface area contributed by atoms with E-state index in [1.807, 2.05) is 37.3 Å². The number of hydrazine groups is 1. The quantitative estimate of drug-likeness (QED) is 0.284. The molecule has 4 rings (SSSR count). The molecule has 0 radical (unpaired) electrons. The van der Waals surface area contributed by atoms with Crippen LogP contribution in [0.25, 0.3) is 22.2 Å². The van der Waals surface area contributed by atoms with Gasteiger partial charge in [-0.2, -0.15) is 0 Å². The second-order valence-electron chi connectivity index (χ2n) is 7.93. The first-order valence-electron chi connectivity index (χ1n) is 10.9. The Morgan fingerprint density at radius 1 is 0.889 bits per heavy atom. The summed E-state index contributed by atoms with van der Waals surface area (Å²) in [6.45, 7) is 1.53. The van der Waals surface area contributed by atoms with Gasteiger partial charge in [-0.3, -0.25) is 35.3 Å². The third kappa shape index (κ3) is 5.50. The maximum Gasteiger partial charge on any atom is 0.270 e. The number of nitro benzene ring substituents is 1. The highest BCUT2D eigenvalue weighted by Crippen LogP contribution is 2.25. The van der Waals surface area contributed by atoms with Crippen molar-refractivity contribution in [3.63, 3.8) is 0 Å². The minimum atomic E-state index is -0.681. The zero-order chi connectivity index (χ0) is 25.7. The maximum absolute atomic E-state index is 13.0. The highest BCUT2D eigenvalue weighted by atomic mass is 16.6. The van der Waals surface area contributed by atoms with E-state index >= 15 is 0 Å². The molecule has 10 nitrogen and oxygen atoms in total. The minimum absolute atomic E-state index is 0.0351. The second-order valence-corrected chi connectivity index (χ2v) is 7.93. The van der Waals surface area contributed by atoms with E-state index in [9.17, 15) is 24.5 Å². The maximum atomic E-state index is 13.0. The summed E-state index contributed by atoms with van der Waals surface area (Å²) >= 11 is 0. The van der Waals surface area contributed by atoms with E-state index in [1.54, 1.807) is 24.3 Å². The van der Waals surface area contributed by atoms with Gasteiger partial charge in [0.15, 0.2) is 0 Å². The molecule has 3 amide bonds. The largest absolute Gasteiger partial charge is 0.343 e. The van der Waals surface area contributed by atoms with Crippen molar-refractivity contribution in [2.24, 2.45) is 0 Å². The number of nitrogens with one attached hydrogen (secondary N) is 3. The van der Waals surface area contributed by atoms with Gasteiger partial charge in [0.05, 0.1) is 28.2 Å². The van der Waals surface area contributed by atoms with Crippen LogP contribution in [0.4, 0.5) is 5.69 Å². The number of aryl methyl sites for hydroxylation is 1. The van der Waals surface area contributed by atoms with Gasteiger partial charge >= 0.3 is 0 Å². The first kappa shape index (κ1) is 24.0. The van der Waals surface area contributed by atoms with Gasteiger partial charge in [-0.05, 0) is 25.1 Å². The van der Waals surface area contributed by atoms with Crippen molar-refractivity contribution in [2.75, 3.05) is 6.54 Å². The second kappa shape index (κ2) is 10.4. The summed E-state index contributed by atoms with van der Waals surface area (Å²) in [5.41, 5.74) is 7.90. The molecule has 4 aromatic rings. The first-order valence-corrected chi connectivity index (χ1v) is 10.9. The zero-order valence-corrected chi connectivity index (χ0v) is 19.1. The van der Waals surface area contributed by atoms with Gasteiger partial charge in [0.25, 0.3) is 23.4 Å². The van der Waals surface area contributed by atoms with Gasteiger partial charge in [-0.15, -0.1) is 0 Å². The predicted octanol–water partition coefficient (Wildman–Crippen LogP) is 3.31. The molecule has 0 saturated heterocycles. The van der Waals surface area contributed by atoms with Crippen LogP contribution in [-0.4, -0.2) is 34.2 Å². The minimum Gasteiger partial charge on any atom is -0.343 e. The Labute approximate surface area is 205 Å². The van der Waals surface area contributed by atoms with E-state index in [0.717, 1.165) is 17.2 Å². The van der Waals surface area contributed by atoms with Crippen molar-refractivity contribution in [1.82, 2.24) is 21.2 Å². The molecule has 1 aromatic heterocycles. The number of hydrogen-bond acceptors (Lipinski definition) is 6. The van der Waals surface area contributed by atoms with Crippen LogP contribution in [0.5, 0.6) is 0 Å². The Hall–Kier alpha value is -5.12. The standard InChI is InChI=1S/C26H21N5O5/c1-16-9-11-17(12-10-16)23-14-21(20-7-2-3-8-22(20)28-23)26(34)30-29-24(32)15-27-25(33)18-5-4-6-19(13-18)31(35)36/h2-14H,15H2,1H3,(H,27,33)(H,29,32)(H,30,34). The topological polar surface area (TPSA) is 143 Å². The number of pyridine rings is 1. The summed E-state index contributed by atoms with van der Waals surface area (Å²) in [6, 6.07) is 21.7. The van der Waals surface area contributed by atoms with Crippen molar-refractivity contribution in [3.8, 4) is 11.3 Å². The summed E-state index contributed by atoms with van der Waals surface area (Å²) in [5, 5.41) is 13.8. The molecule has 36 heavy (non-hydrogen) atoms. The molecular formula is C26H21N5O5. The van der Waals surface area contributed by atoms with E-state index < -0.39 is 29.2 Å². The lowest BCUT2D eigenvalue weighted by molar-refractivity contribution is -0.384. The van der Waals surface area contributed by atoms with Gasteiger partial charge < -0.3 is 5.32 Å². The lowest BCUT2D eigenvalue weighted by Gasteiger charge is -2.12. The molecule has 10 heteroatoms. The summed E-state index contributed by atoms with van der Waals surface area (Å²) in [7, 11) is 0. The molecule has 0 unspecified atom stereocenters. The molecular weight excluding hydrogens is 462 g/mol. The molecule has 1 heterocycles. The molecule has 0 aliphatic carbocycles. The van der Waals surface area contributed by atoms with Gasteiger partial charge in [-0.1, -0.05) is 54.1 Å². The Bertz CT molecular complexity index is 1480. The van der Waals surface area contributed by atoms with E-state index in [-0.39, 0.29) is 11.3 Å². The highest BCUT2D eigenvalue weighted by molar-refractivity contribution is 6.07. The van der Waals surface area contributed by atoms with Crippen molar-refractivity contribution in [1.29, 1.82) is 0 Å². The van der Waals surface area contributed by atoms with E-state index in [4.69, 9.17) is 0 Å². The van der Waals surface area contributed by atoms with Gasteiger partial charge in [0.1, 0.15) is 0 Å². The molecule has 0 aliphatic rings. The third-order valence-corrected chi connectivity index (χ3v) is 5.35. The van der Waals surface area contributed by atoms with Crippen LogP contribution >= 0.6 is 0 Å². The Balaban J connectivity index is 1.43. The van der Waals surface area contributed by atoms with Gasteiger partial charge in [0, 0.05) is 28.6 Å². The number of benzene rings is 3. The molecule has 0 fully saturated rings. The number of nitrogens with zero attached hydrogens (tertiary/aromatic N) is 2. The monoisotopic (exact) mass is 483 g/mol. The molecule has 0 saturated carbocycles. The molecule has 0 aliphatic heterocycles. The van der Waals surface area contributed by atoms with E-state index in [2.05, 4.69) is 21.2 Å². The van der Waals surface area contributed by atoms with Crippen LogP contribution in [0.15, 0.2) is 78.9 Å². The average molecular weight is 483 g/mol. The number of rotatable bonds is 6. The summed E-state index contributed by atoms with van der Waals surface area (Å²) in [4.78, 5) is 52.3. The lowest BCUT2D eigenvalue weighted by atomic mass is 10.0. The molecule has 3 N–H and O–H groups in total. The van der Waals surface area contributed by atoms with Crippen LogP contribution < -0.4 is 16.2 Å². The number of non-ortho nitro benzene ring substituents is 1. The Kier molecular flexibility index (Phi) is 6.96. The van der Waals surface area contributed by atoms with Crippen LogP contribution in [0, 0.1) is 17.0 Å². The number of carbonyl (C=O) groups is 3. The van der Waals surface area contributed by atoms with Crippen LogP contribution in [0.3, 0.4) is 0 Å². The van der Waals surface area contributed by atoms with E-state index in [1.165, 1.54) is 18.2 Å². The normalized spacial score (nSPS) is 10.5. The molecule has 3 aromatic carbocycles. The zero-order valence-electron chi connectivity index (χ0n) is 19.1. The number of nitro groups is 1. The van der Waals surface area contributed by atoms with Gasteiger partial charge in [-0.25, -0.2) is 4.98 Å². The number of hydrogen-bond donors (Lipinski definition) is 3. The first-order chi connectivity index (χ1) is 17.3. The third-order valence-electron chi connectivity index (χ3n) is 5.35. The predicted molar refractivity (Wildman–Crippen MR) is 133 cm³/mol. The summed E-state index contributed by atoms with van der Waals surface area (Å²) < 4.78 is 0. The van der Waals surface area contributed by atoms with Crippen LogP contribution in [0.1, 0.15) is 26.3 Å². The Morgan fingerprint density at radius 3 is 2.39 bits per heavy atom. The lowest BCUT2D eigenvalue weighted by Crippen LogP contribution is -2.46. The number of fused-ring (bicyclic) bond motifs is 1. The summed E-state index contributed by atoms with van der Waals surface area (Å²) in [5.74, 6) is -1.90. The van der Waals surface area contributed by atoms with Crippen molar-refractivity contribution in [2.45, 2.75) is 6.92 Å². The van der Waals surface area contributed by atoms with Crippen LogP contribution in [0.2, 0.25) is 0 Å². The SMILES string of the molecule is Cc1ccc(-c2cc(C(=O)NNC(=O)CNC(=O)c3cccc([N+](=O)[O-])c3)c3ccccc3n2)cc1. The fourth-order valence-corrected chi connectivity index (χ4v) is 3.50. The fraction of sp³-hybridized carbons (Fsp3) is 0.0769. The number of para-hydroxylation sites is 1. The van der Waals surface area contributed by atoms with Crippen molar-refractivity contribution in [3.05, 3.63) is 106 Å². The molecule has 0 bridgehead atoms. The van der Waals surface area contributed by atoms with Crippen molar-refractivity contribution >= 4 is 34.3 Å². The highest BCUT2D eigenvalue weighted by Gasteiger charge is 2.16. The number of carbonyl (C=O) groups excluding carboxylic acids is 3. The van der Waals surface area contributed by atoms with Crippen molar-refractivity contribution < 1.29 is 19.3 Å². The number of amides is 3.